The summed E-state index contributed by atoms with van der Waals surface area (Å²) in [6.07, 6.45) is 1.78. The molecule has 4 rings (SSSR count). The molecule has 0 amide bonds. The Kier molecular flexibility index (Phi) is 3.90. The van der Waals surface area contributed by atoms with Gasteiger partial charge in [-0.1, -0.05) is 42.5 Å². The Hall–Kier alpha value is -2.46. The van der Waals surface area contributed by atoms with E-state index in [4.69, 9.17) is 0 Å². The van der Waals surface area contributed by atoms with Crippen molar-refractivity contribution in [1.29, 1.82) is 0 Å². The largest absolute Gasteiger partial charge is 0.387 e. The molecule has 0 aliphatic heterocycles. The molecule has 1 atom stereocenters. The van der Waals surface area contributed by atoms with Crippen molar-refractivity contribution in [3.8, 4) is 0 Å². The number of aryl methyl sites for hydroxylation is 1. The molecule has 1 fully saturated rings. The van der Waals surface area contributed by atoms with Crippen molar-refractivity contribution in [2.24, 2.45) is 0 Å². The first-order chi connectivity index (χ1) is 11.7. The van der Waals surface area contributed by atoms with Gasteiger partial charge in [0.25, 0.3) is 0 Å². The van der Waals surface area contributed by atoms with Crippen molar-refractivity contribution < 1.29 is 5.11 Å². The lowest BCUT2D eigenvalue weighted by Crippen LogP contribution is -2.14. The third-order valence-electron chi connectivity index (χ3n) is 4.47. The zero-order chi connectivity index (χ0) is 16.5. The van der Waals surface area contributed by atoms with E-state index in [0.717, 1.165) is 33.7 Å². The molecule has 122 valence electrons. The van der Waals surface area contributed by atoms with Crippen LogP contribution in [0.2, 0.25) is 0 Å². The molecule has 1 aliphatic rings. The normalized spacial score (nSPS) is 15.4. The molecule has 1 aromatic heterocycles. The second-order valence-electron chi connectivity index (χ2n) is 6.49. The van der Waals surface area contributed by atoms with Crippen molar-refractivity contribution in [1.82, 2.24) is 9.97 Å². The van der Waals surface area contributed by atoms with Gasteiger partial charge in [0.2, 0.25) is 0 Å². The molecule has 4 heteroatoms. The number of nitrogens with one attached hydrogen (secondary N) is 1. The van der Waals surface area contributed by atoms with Crippen molar-refractivity contribution in [2.75, 3.05) is 11.9 Å². The zero-order valence-corrected chi connectivity index (χ0v) is 13.7. The van der Waals surface area contributed by atoms with Crippen LogP contribution in [0, 0.1) is 6.92 Å². The molecular formula is C20H21N3O. The van der Waals surface area contributed by atoms with E-state index >= 15 is 0 Å². The number of aromatic nitrogens is 2. The van der Waals surface area contributed by atoms with Gasteiger partial charge in [0.1, 0.15) is 11.6 Å². The molecular weight excluding hydrogens is 298 g/mol. The number of benzene rings is 2. The lowest BCUT2D eigenvalue weighted by molar-refractivity contribution is 0.193. The van der Waals surface area contributed by atoms with Gasteiger partial charge in [-0.25, -0.2) is 9.97 Å². The van der Waals surface area contributed by atoms with Crippen LogP contribution in [0.3, 0.4) is 0 Å². The molecule has 3 aromatic rings. The Morgan fingerprint density at radius 3 is 2.75 bits per heavy atom. The van der Waals surface area contributed by atoms with Crippen molar-refractivity contribution in [2.45, 2.75) is 31.8 Å². The topological polar surface area (TPSA) is 58.0 Å². The van der Waals surface area contributed by atoms with E-state index in [2.05, 4.69) is 27.4 Å². The van der Waals surface area contributed by atoms with Gasteiger partial charge in [0.15, 0.2) is 0 Å². The summed E-state index contributed by atoms with van der Waals surface area (Å²) in [6, 6.07) is 16.1. The summed E-state index contributed by atoms with van der Waals surface area (Å²) in [4.78, 5) is 9.10. The van der Waals surface area contributed by atoms with Crippen LogP contribution in [0.1, 0.15) is 41.9 Å². The zero-order valence-electron chi connectivity index (χ0n) is 13.7. The van der Waals surface area contributed by atoms with Crippen LogP contribution in [0.15, 0.2) is 48.5 Å². The molecule has 0 bridgehead atoms. The minimum atomic E-state index is -0.587. The highest BCUT2D eigenvalue weighted by atomic mass is 16.3. The number of nitrogens with zero attached hydrogens (tertiary/aromatic N) is 2. The van der Waals surface area contributed by atoms with Crippen LogP contribution >= 0.6 is 0 Å². The maximum Gasteiger partial charge on any atom is 0.134 e. The van der Waals surface area contributed by atoms with E-state index < -0.39 is 6.10 Å². The molecule has 1 saturated carbocycles. The van der Waals surface area contributed by atoms with Crippen LogP contribution < -0.4 is 5.32 Å². The maximum atomic E-state index is 10.6. The van der Waals surface area contributed by atoms with Gasteiger partial charge in [-0.15, -0.1) is 0 Å². The van der Waals surface area contributed by atoms with Crippen molar-refractivity contribution >= 4 is 16.6 Å². The number of aliphatic hydroxyl groups is 1. The highest BCUT2D eigenvalue weighted by Gasteiger charge is 2.27. The third kappa shape index (κ3) is 3.10. The molecule has 0 saturated heterocycles. The van der Waals surface area contributed by atoms with Crippen LogP contribution in [-0.4, -0.2) is 21.6 Å². The fourth-order valence-corrected chi connectivity index (χ4v) is 3.06. The minimum absolute atomic E-state index is 0.425. The first-order valence-electron chi connectivity index (χ1n) is 8.46. The van der Waals surface area contributed by atoms with E-state index in [1.807, 2.05) is 43.3 Å². The average Bonchev–Trinajstić information content (AvgIpc) is 3.44. The van der Waals surface area contributed by atoms with Gasteiger partial charge >= 0.3 is 0 Å². The van der Waals surface area contributed by atoms with Gasteiger partial charge < -0.3 is 10.4 Å². The summed E-state index contributed by atoms with van der Waals surface area (Å²) in [5, 5.41) is 16.1. The van der Waals surface area contributed by atoms with Crippen LogP contribution in [-0.2, 0) is 0 Å². The van der Waals surface area contributed by atoms with Crippen molar-refractivity contribution in [3.63, 3.8) is 0 Å². The van der Waals surface area contributed by atoms with E-state index in [1.165, 1.54) is 12.8 Å². The highest BCUT2D eigenvalue weighted by molar-refractivity contribution is 5.86. The first kappa shape index (κ1) is 15.1. The van der Waals surface area contributed by atoms with Gasteiger partial charge in [0.05, 0.1) is 6.10 Å². The first-order valence-corrected chi connectivity index (χ1v) is 8.46. The van der Waals surface area contributed by atoms with Gasteiger partial charge in [-0.3, -0.25) is 0 Å². The molecule has 0 radical (unpaired) electrons. The molecule has 1 aliphatic carbocycles. The summed E-state index contributed by atoms with van der Waals surface area (Å²) >= 11 is 0. The van der Waals surface area contributed by atoms with Crippen molar-refractivity contribution in [3.05, 3.63) is 65.6 Å². The van der Waals surface area contributed by atoms with Crippen LogP contribution in [0.25, 0.3) is 10.8 Å². The average molecular weight is 319 g/mol. The monoisotopic (exact) mass is 319 g/mol. The third-order valence-corrected chi connectivity index (χ3v) is 4.47. The number of rotatable bonds is 5. The molecule has 1 unspecified atom stereocenters. The molecule has 4 nitrogen and oxygen atoms in total. The Morgan fingerprint density at radius 1 is 1.12 bits per heavy atom. The molecule has 1 heterocycles. The predicted octanol–water partition coefficient (Wildman–Crippen LogP) is 3.96. The summed E-state index contributed by atoms with van der Waals surface area (Å²) < 4.78 is 0. The SMILES string of the molecule is Cc1cc(NCC(O)c2cccc3ccccc23)nc(C2CC2)n1. The van der Waals surface area contributed by atoms with Gasteiger partial charge in [0, 0.05) is 24.2 Å². The van der Waals surface area contributed by atoms with E-state index in [9.17, 15) is 5.11 Å². The van der Waals surface area contributed by atoms with E-state index in [1.54, 1.807) is 0 Å². The number of hydrogen-bond acceptors (Lipinski definition) is 4. The van der Waals surface area contributed by atoms with E-state index in [-0.39, 0.29) is 0 Å². The highest BCUT2D eigenvalue weighted by Crippen LogP contribution is 2.38. The van der Waals surface area contributed by atoms with Crippen LogP contribution in [0.4, 0.5) is 5.82 Å². The standard InChI is InChI=1S/C20H21N3O/c1-13-11-19(23-20(22-13)15-9-10-15)21-12-18(24)17-8-4-6-14-5-2-3-7-16(14)17/h2-8,11,15,18,24H,9-10,12H2,1H3,(H,21,22,23). The smallest absolute Gasteiger partial charge is 0.134 e. The fraction of sp³-hybridized carbons (Fsp3) is 0.300. The number of fused-ring (bicyclic) bond motifs is 1. The second kappa shape index (κ2) is 6.21. The van der Waals surface area contributed by atoms with Gasteiger partial charge in [-0.2, -0.15) is 0 Å². The Bertz CT molecular complexity index is 868. The quantitative estimate of drug-likeness (QED) is 0.747. The second-order valence-corrected chi connectivity index (χ2v) is 6.49. The number of anilines is 1. The molecule has 2 aromatic carbocycles. The summed E-state index contributed by atoms with van der Waals surface area (Å²) in [6.45, 7) is 2.41. The Labute approximate surface area is 141 Å². The van der Waals surface area contributed by atoms with Gasteiger partial charge in [-0.05, 0) is 36.1 Å². The lowest BCUT2D eigenvalue weighted by Gasteiger charge is -2.15. The summed E-state index contributed by atoms with van der Waals surface area (Å²) in [7, 11) is 0. The molecule has 24 heavy (non-hydrogen) atoms. The maximum absolute atomic E-state index is 10.6. The minimum Gasteiger partial charge on any atom is -0.387 e. The summed E-state index contributed by atoms with van der Waals surface area (Å²) in [5.74, 6) is 2.24. The lowest BCUT2D eigenvalue weighted by atomic mass is 10.0. The molecule has 2 N–H and O–H groups in total. The number of hydrogen-bond donors (Lipinski definition) is 2. The fourth-order valence-electron chi connectivity index (χ4n) is 3.06. The summed E-state index contributed by atoms with van der Waals surface area (Å²) in [5.41, 5.74) is 1.91. The van der Waals surface area contributed by atoms with E-state index in [0.29, 0.717) is 12.5 Å². The van der Waals surface area contributed by atoms with Crippen LogP contribution in [0.5, 0.6) is 0 Å². The number of aliphatic hydroxyl groups excluding tert-OH is 1. The Morgan fingerprint density at radius 2 is 1.92 bits per heavy atom. The predicted molar refractivity (Wildman–Crippen MR) is 96.1 cm³/mol. The Balaban J connectivity index is 1.53. The molecule has 0 spiro atoms.